The Morgan fingerprint density at radius 2 is 1.90 bits per heavy atom. The molecule has 1 aliphatic rings. The average Bonchev–Trinajstić information content (AvgIpc) is 2.58. The van der Waals surface area contributed by atoms with E-state index < -0.39 is 22.8 Å². The van der Waals surface area contributed by atoms with E-state index in [1.54, 1.807) is 0 Å². The van der Waals surface area contributed by atoms with Crippen LogP contribution in [-0.4, -0.2) is 39.6 Å². The summed E-state index contributed by atoms with van der Waals surface area (Å²) < 4.78 is 0. The van der Waals surface area contributed by atoms with E-state index in [1.807, 2.05) is 0 Å². The first-order chi connectivity index (χ1) is 9.32. The number of nitrogens with two attached hydrogens (primary N) is 1. The maximum atomic E-state index is 11.7. The van der Waals surface area contributed by atoms with Crippen molar-refractivity contribution in [1.29, 1.82) is 0 Å². The molecule has 9 heteroatoms. The summed E-state index contributed by atoms with van der Waals surface area (Å²) in [5, 5.41) is 10.7. The summed E-state index contributed by atoms with van der Waals surface area (Å²) in [4.78, 5) is 46.1. The molecule has 1 heterocycles. The maximum absolute atomic E-state index is 11.7. The Labute approximate surface area is 112 Å². The zero-order chi connectivity index (χ0) is 15.0. The molecule has 0 bridgehead atoms. The molecular weight excluding hydrogens is 268 g/mol. The van der Waals surface area contributed by atoms with Crippen LogP contribution in [0.15, 0.2) is 18.2 Å². The first-order valence-corrected chi connectivity index (χ1v) is 5.49. The van der Waals surface area contributed by atoms with Crippen LogP contribution in [0, 0.1) is 10.1 Å². The number of rotatable bonds is 3. The van der Waals surface area contributed by atoms with E-state index in [2.05, 4.69) is 0 Å². The van der Waals surface area contributed by atoms with Gasteiger partial charge in [0.1, 0.15) is 0 Å². The zero-order valence-corrected chi connectivity index (χ0v) is 10.4. The number of imide groups is 2. The van der Waals surface area contributed by atoms with Crippen LogP contribution < -0.4 is 5.73 Å². The van der Waals surface area contributed by atoms with E-state index in [9.17, 15) is 24.5 Å². The lowest BCUT2D eigenvalue weighted by Crippen LogP contribution is -2.31. The Balaban J connectivity index is 2.33. The second-order valence-corrected chi connectivity index (χ2v) is 4.18. The van der Waals surface area contributed by atoms with Gasteiger partial charge in [0.2, 0.25) is 0 Å². The van der Waals surface area contributed by atoms with Crippen LogP contribution in [0.2, 0.25) is 0 Å². The van der Waals surface area contributed by atoms with Gasteiger partial charge in [-0.1, -0.05) is 0 Å². The number of hydrogen-bond donors (Lipinski definition) is 1. The normalized spacial score (nSPS) is 15.2. The number of carbonyl (C=O) groups excluding carboxylic acids is 3. The summed E-state index contributed by atoms with van der Waals surface area (Å²) in [6.45, 7) is -0.290. The Bertz CT molecular complexity index is 642. The van der Waals surface area contributed by atoms with Gasteiger partial charge < -0.3 is 5.73 Å². The highest BCUT2D eigenvalue weighted by Gasteiger charge is 2.42. The number of anilines is 1. The lowest BCUT2D eigenvalue weighted by Gasteiger charge is -2.14. The maximum Gasteiger partial charge on any atom is 0.334 e. The summed E-state index contributed by atoms with van der Waals surface area (Å²) in [6, 6.07) is 2.90. The number of non-ortho nitro benzene ring substituents is 1. The van der Waals surface area contributed by atoms with Crippen LogP contribution in [0.3, 0.4) is 0 Å². The van der Waals surface area contributed by atoms with Crippen molar-refractivity contribution in [2.75, 3.05) is 12.8 Å². The van der Waals surface area contributed by atoms with Crippen molar-refractivity contribution >= 4 is 29.2 Å². The highest BCUT2D eigenvalue weighted by Crippen LogP contribution is 2.23. The predicted octanol–water partition coefficient (Wildman–Crippen LogP) is 0.0976. The number of nitro groups is 1. The lowest BCUT2D eigenvalue weighted by atomic mass is 10.1. The summed E-state index contributed by atoms with van der Waals surface area (Å²) in [7, 11) is 1.18. The van der Waals surface area contributed by atoms with Crippen molar-refractivity contribution in [2.24, 2.45) is 0 Å². The van der Waals surface area contributed by atoms with Gasteiger partial charge in [-0.25, -0.2) is 4.79 Å². The number of carbonyl (C=O) groups is 3. The number of benzene rings is 1. The molecule has 2 rings (SSSR count). The zero-order valence-electron chi connectivity index (χ0n) is 10.4. The van der Waals surface area contributed by atoms with Crippen molar-refractivity contribution in [3.8, 4) is 0 Å². The second-order valence-electron chi connectivity index (χ2n) is 4.18. The predicted molar refractivity (Wildman–Crippen MR) is 66.2 cm³/mol. The number of likely N-dealkylation sites (N-methyl/N-ethyl adjacent to an activating group) is 1. The smallest absolute Gasteiger partial charge is 0.334 e. The number of hydrogen-bond acceptors (Lipinski definition) is 6. The lowest BCUT2D eigenvalue weighted by molar-refractivity contribution is -0.384. The Morgan fingerprint density at radius 1 is 1.25 bits per heavy atom. The third-order valence-electron chi connectivity index (χ3n) is 2.92. The molecule has 1 aromatic carbocycles. The summed E-state index contributed by atoms with van der Waals surface area (Å²) in [6.07, 6.45) is 0. The number of urea groups is 1. The van der Waals surface area contributed by atoms with Gasteiger partial charge in [0, 0.05) is 30.4 Å². The summed E-state index contributed by atoms with van der Waals surface area (Å²) >= 11 is 0. The van der Waals surface area contributed by atoms with Gasteiger partial charge >= 0.3 is 17.8 Å². The molecule has 0 spiro atoms. The minimum atomic E-state index is -0.983. The highest BCUT2D eigenvalue weighted by molar-refractivity contribution is 6.44. The molecular formula is C11H10N4O5. The third-order valence-corrected chi connectivity index (χ3v) is 2.92. The Kier molecular flexibility index (Phi) is 3.10. The van der Waals surface area contributed by atoms with E-state index in [0.29, 0.717) is 9.80 Å². The van der Waals surface area contributed by atoms with Crippen LogP contribution in [0.25, 0.3) is 0 Å². The number of nitrogen functional groups attached to an aromatic ring is 1. The van der Waals surface area contributed by atoms with Crippen LogP contribution in [0.5, 0.6) is 0 Å². The Hall–Kier alpha value is -2.97. The van der Waals surface area contributed by atoms with Crippen molar-refractivity contribution in [1.82, 2.24) is 9.80 Å². The minimum Gasteiger partial charge on any atom is -0.398 e. The largest absolute Gasteiger partial charge is 0.398 e. The number of nitro benzene ring substituents is 1. The highest BCUT2D eigenvalue weighted by atomic mass is 16.6. The minimum absolute atomic E-state index is 0.193. The fourth-order valence-corrected chi connectivity index (χ4v) is 1.77. The molecule has 0 radical (unpaired) electrons. The van der Waals surface area contributed by atoms with Gasteiger partial charge in [-0.15, -0.1) is 0 Å². The third kappa shape index (κ3) is 2.05. The molecule has 1 aliphatic heterocycles. The first-order valence-electron chi connectivity index (χ1n) is 5.49. The van der Waals surface area contributed by atoms with Crippen LogP contribution in [-0.2, 0) is 16.1 Å². The van der Waals surface area contributed by atoms with E-state index in [0.717, 1.165) is 0 Å². The average molecular weight is 278 g/mol. The van der Waals surface area contributed by atoms with Gasteiger partial charge in [0.05, 0.1) is 11.5 Å². The molecule has 0 aromatic heterocycles. The summed E-state index contributed by atoms with van der Waals surface area (Å²) in [5.74, 6) is -1.93. The molecule has 9 nitrogen and oxygen atoms in total. The molecule has 0 saturated carbocycles. The van der Waals surface area contributed by atoms with Crippen LogP contribution in [0.1, 0.15) is 5.56 Å². The van der Waals surface area contributed by atoms with E-state index in [1.165, 1.54) is 25.2 Å². The topological polar surface area (TPSA) is 127 Å². The first kappa shape index (κ1) is 13.5. The molecule has 1 saturated heterocycles. The van der Waals surface area contributed by atoms with Gasteiger partial charge in [0.15, 0.2) is 0 Å². The standard InChI is InChI=1S/C11H10N4O5/c1-13-9(16)10(17)14(11(13)18)5-6-4-7(15(19)20)2-3-8(6)12/h2-4H,5,12H2,1H3. The van der Waals surface area contributed by atoms with Gasteiger partial charge in [-0.2, -0.15) is 0 Å². The fraction of sp³-hybridized carbons (Fsp3) is 0.182. The monoisotopic (exact) mass is 278 g/mol. The van der Waals surface area contributed by atoms with Crippen LogP contribution in [0.4, 0.5) is 16.2 Å². The SMILES string of the molecule is CN1C(=O)C(=O)N(Cc2cc([N+](=O)[O-])ccc2N)C1=O. The van der Waals surface area contributed by atoms with Crippen molar-refractivity contribution < 1.29 is 19.3 Å². The molecule has 0 unspecified atom stereocenters. The number of nitrogens with zero attached hydrogens (tertiary/aromatic N) is 3. The quantitative estimate of drug-likeness (QED) is 0.274. The van der Waals surface area contributed by atoms with Crippen molar-refractivity contribution in [3.05, 3.63) is 33.9 Å². The van der Waals surface area contributed by atoms with E-state index in [4.69, 9.17) is 5.73 Å². The molecule has 20 heavy (non-hydrogen) atoms. The molecule has 0 atom stereocenters. The van der Waals surface area contributed by atoms with Crippen molar-refractivity contribution in [3.63, 3.8) is 0 Å². The van der Waals surface area contributed by atoms with Crippen molar-refractivity contribution in [2.45, 2.75) is 6.54 Å². The molecule has 1 fully saturated rings. The molecule has 0 aliphatic carbocycles. The van der Waals surface area contributed by atoms with Gasteiger partial charge in [-0.3, -0.25) is 29.5 Å². The molecule has 4 amide bonds. The molecule has 2 N–H and O–H groups in total. The van der Waals surface area contributed by atoms with Gasteiger partial charge in [0.25, 0.3) is 5.69 Å². The fourth-order valence-electron chi connectivity index (χ4n) is 1.77. The van der Waals surface area contributed by atoms with E-state index in [-0.39, 0.29) is 23.5 Å². The molecule has 104 valence electrons. The van der Waals surface area contributed by atoms with Gasteiger partial charge in [-0.05, 0) is 6.07 Å². The summed E-state index contributed by atoms with van der Waals surface area (Å²) in [5.41, 5.74) is 5.86. The molecule has 1 aromatic rings. The second kappa shape index (κ2) is 4.61. The Morgan fingerprint density at radius 3 is 2.40 bits per heavy atom. The number of amides is 4. The van der Waals surface area contributed by atoms with E-state index >= 15 is 0 Å². The van der Waals surface area contributed by atoms with Crippen LogP contribution >= 0.6 is 0 Å².